The summed E-state index contributed by atoms with van der Waals surface area (Å²) >= 11 is 0. The fraction of sp³-hybridized carbons (Fsp3) is 0.956. The van der Waals surface area contributed by atoms with E-state index in [9.17, 15) is 23.2 Å². The van der Waals surface area contributed by atoms with Crippen LogP contribution in [0.2, 0.25) is 0 Å². The lowest BCUT2D eigenvalue weighted by atomic mass is 10.0. The molecule has 326 valence electrons. The molecule has 0 aliphatic heterocycles. The Bertz CT molecular complexity index is 797. The fourth-order valence-electron chi connectivity index (χ4n) is 6.99. The number of hydrogen-bond donors (Lipinski definition) is 3. The van der Waals surface area contributed by atoms with Crippen molar-refractivity contribution in [3.8, 4) is 0 Å². The topological polar surface area (TPSA) is 113 Å². The zero-order chi connectivity index (χ0) is 40.9. The van der Waals surface area contributed by atoms with Gasteiger partial charge in [0.2, 0.25) is 0 Å². The summed E-state index contributed by atoms with van der Waals surface area (Å²) in [6.45, 7) is 19.7. The van der Waals surface area contributed by atoms with E-state index >= 15 is 0 Å². The van der Waals surface area contributed by atoms with E-state index in [0.29, 0.717) is 0 Å². The molecule has 0 bridgehead atoms. The van der Waals surface area contributed by atoms with Gasteiger partial charge in [-0.15, -0.1) is 0 Å². The molecular weight excluding hydrogens is 699 g/mol. The standard InChI is InChI=1S/C25H54N.C20H40O7S/c1-5-8-11-14-17-20-23-26(4,24-21-18-15-12-9-6-2)25-22-19-16-13-10-7-3;1-5-9-11-16(7-3)14-26-19(21)13-18(28(23,24)25)20(22)27-15-17(8-4)12-10-6-2/h5-25H2,1-4H3;16-18,23-25H,5-15H2,1-4H3/q+1;. The van der Waals surface area contributed by atoms with Gasteiger partial charge in [0.1, 0.15) is 0 Å². The molecule has 0 aromatic rings. The molecule has 54 heavy (non-hydrogen) atoms. The van der Waals surface area contributed by atoms with Gasteiger partial charge in [-0.3, -0.25) is 9.59 Å². The minimum absolute atomic E-state index is 0.130. The van der Waals surface area contributed by atoms with E-state index in [-0.39, 0.29) is 25.0 Å². The third kappa shape index (κ3) is 33.3. The predicted molar refractivity (Wildman–Crippen MR) is 233 cm³/mol. The summed E-state index contributed by atoms with van der Waals surface area (Å²) in [6, 6.07) is 0. The smallest absolute Gasteiger partial charge is 0.324 e. The van der Waals surface area contributed by atoms with Crippen molar-refractivity contribution in [1.82, 2.24) is 0 Å². The van der Waals surface area contributed by atoms with Gasteiger partial charge in [-0.25, -0.2) is 0 Å². The number of rotatable bonds is 37. The molecule has 0 aliphatic rings. The predicted octanol–water partition coefficient (Wildman–Crippen LogP) is 14.0. The summed E-state index contributed by atoms with van der Waals surface area (Å²) in [6.07, 6.45) is 32.9. The molecule has 0 amide bonds. The van der Waals surface area contributed by atoms with Gasteiger partial charge < -0.3 is 27.6 Å². The van der Waals surface area contributed by atoms with Crippen LogP contribution in [0.15, 0.2) is 0 Å². The Kier molecular flexibility index (Phi) is 38.6. The van der Waals surface area contributed by atoms with Crippen LogP contribution in [0, 0.1) is 11.8 Å². The Morgan fingerprint density at radius 2 is 0.833 bits per heavy atom. The Morgan fingerprint density at radius 3 is 1.17 bits per heavy atom. The van der Waals surface area contributed by atoms with Crippen molar-refractivity contribution in [2.24, 2.45) is 11.8 Å². The number of unbranched alkanes of at least 4 members (excludes halogenated alkanes) is 17. The van der Waals surface area contributed by atoms with E-state index in [1.807, 2.05) is 13.8 Å². The van der Waals surface area contributed by atoms with Crippen LogP contribution in [0.3, 0.4) is 0 Å². The number of carbonyl (C=O) groups is 2. The molecule has 0 aromatic carbocycles. The maximum Gasteiger partial charge on any atom is 0.324 e. The van der Waals surface area contributed by atoms with E-state index in [1.54, 1.807) is 0 Å². The average Bonchev–Trinajstić information content (AvgIpc) is 3.14. The van der Waals surface area contributed by atoms with Crippen LogP contribution in [-0.4, -0.2) is 75.2 Å². The third-order valence-electron chi connectivity index (χ3n) is 11.2. The van der Waals surface area contributed by atoms with Crippen molar-refractivity contribution >= 4 is 22.8 Å². The molecule has 3 atom stereocenters. The molecule has 0 spiro atoms. The number of quaternary nitrogens is 1. The molecule has 0 radical (unpaired) electrons. The maximum absolute atomic E-state index is 12.3. The quantitative estimate of drug-likeness (QED) is 0.0326. The van der Waals surface area contributed by atoms with Crippen LogP contribution in [0.5, 0.6) is 0 Å². The molecule has 0 saturated carbocycles. The van der Waals surface area contributed by atoms with E-state index in [1.165, 1.54) is 140 Å². The number of nitrogens with zero attached hydrogens (tertiary/aromatic N) is 1. The number of hydrogen-bond acceptors (Lipinski definition) is 7. The molecule has 9 heteroatoms. The molecule has 0 rings (SSSR count). The van der Waals surface area contributed by atoms with Gasteiger partial charge >= 0.3 is 11.9 Å². The molecule has 0 aliphatic carbocycles. The van der Waals surface area contributed by atoms with Crippen LogP contribution in [-0.2, 0) is 19.1 Å². The van der Waals surface area contributed by atoms with Gasteiger partial charge in [0, 0.05) is 0 Å². The fourth-order valence-corrected chi connectivity index (χ4v) is 7.68. The summed E-state index contributed by atoms with van der Waals surface area (Å²) in [5.41, 5.74) is 0. The van der Waals surface area contributed by atoms with Crippen molar-refractivity contribution in [2.75, 3.05) is 39.9 Å². The van der Waals surface area contributed by atoms with Crippen molar-refractivity contribution in [1.29, 1.82) is 0 Å². The largest absolute Gasteiger partial charge is 0.465 e. The summed E-state index contributed by atoms with van der Waals surface area (Å²) in [5.74, 6) is -1.33. The SMILES string of the molecule is CCCCC(CC)COC(=O)CC(C(=O)OCC(CC)CCCC)S(O)(O)O.CCCCCCCC[N+](C)(CCCCCCCC)CCCCCCCC. The lowest BCUT2D eigenvalue weighted by molar-refractivity contribution is -0.910. The first-order valence-corrected chi connectivity index (χ1v) is 24.6. The monoisotopic (exact) mass is 793 g/mol. The lowest BCUT2D eigenvalue weighted by Crippen LogP contribution is -2.46. The lowest BCUT2D eigenvalue weighted by Gasteiger charge is -2.35. The van der Waals surface area contributed by atoms with Crippen LogP contribution in [0.1, 0.15) is 222 Å². The second-order valence-electron chi connectivity index (χ2n) is 16.5. The molecule has 3 unspecified atom stereocenters. The van der Waals surface area contributed by atoms with Crippen molar-refractivity contribution in [3.63, 3.8) is 0 Å². The highest BCUT2D eigenvalue weighted by Gasteiger charge is 2.38. The van der Waals surface area contributed by atoms with E-state index in [2.05, 4.69) is 41.7 Å². The van der Waals surface area contributed by atoms with Crippen LogP contribution < -0.4 is 0 Å². The minimum atomic E-state index is -4.26. The zero-order valence-electron chi connectivity index (χ0n) is 37.2. The number of carbonyl (C=O) groups excluding carboxylic acids is 2. The summed E-state index contributed by atoms with van der Waals surface area (Å²) in [4.78, 5) is 24.4. The van der Waals surface area contributed by atoms with Gasteiger partial charge in [0.05, 0.1) is 57.2 Å². The van der Waals surface area contributed by atoms with E-state index in [0.717, 1.165) is 51.4 Å². The maximum atomic E-state index is 12.3. The van der Waals surface area contributed by atoms with Crippen LogP contribution in [0.25, 0.3) is 0 Å². The molecular formula is C45H94NO7S+. The third-order valence-corrected chi connectivity index (χ3v) is 12.3. The average molecular weight is 793 g/mol. The Labute approximate surface area is 337 Å². The minimum Gasteiger partial charge on any atom is -0.465 e. The van der Waals surface area contributed by atoms with E-state index < -0.39 is 34.5 Å². The summed E-state index contributed by atoms with van der Waals surface area (Å²) in [5, 5.41) is -1.72. The summed E-state index contributed by atoms with van der Waals surface area (Å²) < 4.78 is 40.5. The van der Waals surface area contributed by atoms with Gasteiger partial charge in [0.25, 0.3) is 0 Å². The highest BCUT2D eigenvalue weighted by atomic mass is 32.3. The van der Waals surface area contributed by atoms with Gasteiger partial charge in [0.15, 0.2) is 5.25 Å². The summed E-state index contributed by atoms with van der Waals surface area (Å²) in [7, 11) is -1.70. The first-order chi connectivity index (χ1) is 25.9. The Hall–Kier alpha value is -0.870. The van der Waals surface area contributed by atoms with Crippen molar-refractivity contribution < 1.29 is 37.2 Å². The first kappa shape index (κ1) is 55.2. The van der Waals surface area contributed by atoms with Crippen LogP contribution in [0.4, 0.5) is 0 Å². The Balaban J connectivity index is 0. The van der Waals surface area contributed by atoms with Gasteiger partial charge in [-0.1, -0.05) is 164 Å². The van der Waals surface area contributed by atoms with Crippen LogP contribution >= 0.6 is 10.9 Å². The molecule has 0 fully saturated rings. The highest BCUT2D eigenvalue weighted by Crippen LogP contribution is 2.42. The zero-order valence-corrected chi connectivity index (χ0v) is 38.0. The second-order valence-corrected chi connectivity index (χ2v) is 18.2. The normalized spacial score (nSPS) is 13.8. The molecule has 8 nitrogen and oxygen atoms in total. The number of ether oxygens (including phenoxy) is 2. The van der Waals surface area contributed by atoms with E-state index in [4.69, 9.17) is 9.47 Å². The highest BCUT2D eigenvalue weighted by molar-refractivity contribution is 8.20. The molecule has 0 aromatic heterocycles. The first-order valence-electron chi connectivity index (χ1n) is 23.0. The van der Waals surface area contributed by atoms with Crippen molar-refractivity contribution in [3.05, 3.63) is 0 Å². The second kappa shape index (κ2) is 37.7. The van der Waals surface area contributed by atoms with Gasteiger partial charge in [-0.2, -0.15) is 0 Å². The Morgan fingerprint density at radius 1 is 0.500 bits per heavy atom. The van der Waals surface area contributed by atoms with Crippen molar-refractivity contribution in [2.45, 2.75) is 227 Å². The van der Waals surface area contributed by atoms with Gasteiger partial charge in [-0.05, 0) is 63.2 Å². The number of esters is 2. The molecule has 0 saturated heterocycles. The molecule has 0 heterocycles. The molecule has 3 N–H and O–H groups in total.